The van der Waals surface area contributed by atoms with Gasteiger partial charge >= 0.3 is 0 Å². The third-order valence-electron chi connectivity index (χ3n) is 3.38. The van der Waals surface area contributed by atoms with Crippen LogP contribution in [0.4, 0.5) is 0 Å². The van der Waals surface area contributed by atoms with Crippen molar-refractivity contribution in [2.45, 2.75) is 32.7 Å². The van der Waals surface area contributed by atoms with Crippen molar-refractivity contribution in [3.63, 3.8) is 0 Å². The van der Waals surface area contributed by atoms with Crippen molar-refractivity contribution in [3.05, 3.63) is 29.0 Å². The third kappa shape index (κ3) is 2.85. The van der Waals surface area contributed by atoms with Crippen molar-refractivity contribution in [2.24, 2.45) is 0 Å². The fraction of sp³-hybridized carbons (Fsp3) is 0.500. The van der Waals surface area contributed by atoms with E-state index in [-0.39, 0.29) is 0 Å². The van der Waals surface area contributed by atoms with Gasteiger partial charge in [0.1, 0.15) is 5.82 Å². The average Bonchev–Trinajstić information content (AvgIpc) is 2.77. The van der Waals surface area contributed by atoms with Crippen LogP contribution in [0, 0.1) is 0 Å². The van der Waals surface area contributed by atoms with Crippen LogP contribution >= 0.6 is 11.6 Å². The lowest BCUT2D eigenvalue weighted by Gasteiger charge is -2.22. The highest BCUT2D eigenvalue weighted by molar-refractivity contribution is 6.31. The summed E-state index contributed by atoms with van der Waals surface area (Å²) < 4.78 is 0. The molecule has 3 nitrogen and oxygen atoms in total. The summed E-state index contributed by atoms with van der Waals surface area (Å²) in [6.07, 6.45) is 2.43. The lowest BCUT2D eigenvalue weighted by atomic mass is 10.2. The minimum Gasteiger partial charge on any atom is -0.341 e. The number of nitrogens with zero attached hydrogens (tertiary/aromatic N) is 2. The highest BCUT2D eigenvalue weighted by Crippen LogP contribution is 2.22. The van der Waals surface area contributed by atoms with Crippen LogP contribution in [-0.2, 0) is 0 Å². The topological polar surface area (TPSA) is 31.9 Å². The van der Waals surface area contributed by atoms with Gasteiger partial charge in [0.15, 0.2) is 0 Å². The van der Waals surface area contributed by atoms with Crippen LogP contribution < -0.4 is 0 Å². The molecular formula is C14H20ClN3. The normalized spacial score (nSPS) is 13.4. The van der Waals surface area contributed by atoms with Crippen molar-refractivity contribution < 1.29 is 0 Å². The minimum atomic E-state index is 0.294. The Morgan fingerprint density at radius 1 is 1.44 bits per heavy atom. The standard InChI is InChI=1S/C14H20ClN3/c1-4-5-8-18(3)10(2)14-16-12-7-6-11(15)9-13(12)17-14/h6-7,9-10H,4-5,8H2,1-3H3,(H,16,17). The smallest absolute Gasteiger partial charge is 0.124 e. The Kier molecular flexibility index (Phi) is 4.25. The first-order chi connectivity index (χ1) is 8.61. The molecule has 0 saturated carbocycles. The van der Waals surface area contributed by atoms with Gasteiger partial charge in [0.2, 0.25) is 0 Å². The predicted molar refractivity (Wildman–Crippen MR) is 77.1 cm³/mol. The first-order valence-corrected chi connectivity index (χ1v) is 6.85. The maximum Gasteiger partial charge on any atom is 0.124 e. The number of H-pyrrole nitrogens is 1. The number of hydrogen-bond acceptors (Lipinski definition) is 2. The zero-order chi connectivity index (χ0) is 13.1. The number of rotatable bonds is 5. The molecule has 0 radical (unpaired) electrons. The number of aromatic amines is 1. The van der Waals surface area contributed by atoms with E-state index in [2.05, 4.69) is 35.8 Å². The Morgan fingerprint density at radius 2 is 2.22 bits per heavy atom. The van der Waals surface area contributed by atoms with Crippen molar-refractivity contribution in [1.82, 2.24) is 14.9 Å². The van der Waals surface area contributed by atoms with E-state index >= 15 is 0 Å². The second-order valence-electron chi connectivity index (χ2n) is 4.79. The monoisotopic (exact) mass is 265 g/mol. The molecule has 1 N–H and O–H groups in total. The van der Waals surface area contributed by atoms with Gasteiger partial charge in [0.05, 0.1) is 17.1 Å². The molecule has 1 atom stereocenters. The largest absolute Gasteiger partial charge is 0.341 e. The molecule has 2 rings (SSSR count). The van der Waals surface area contributed by atoms with Crippen LogP contribution in [0.3, 0.4) is 0 Å². The second-order valence-corrected chi connectivity index (χ2v) is 5.23. The van der Waals surface area contributed by atoms with Crippen molar-refractivity contribution in [2.75, 3.05) is 13.6 Å². The number of unbranched alkanes of at least 4 members (excludes halogenated alkanes) is 1. The molecule has 0 saturated heterocycles. The maximum atomic E-state index is 5.98. The predicted octanol–water partition coefficient (Wildman–Crippen LogP) is 4.01. The van der Waals surface area contributed by atoms with Crippen molar-refractivity contribution >= 4 is 22.6 Å². The fourth-order valence-electron chi connectivity index (χ4n) is 2.01. The van der Waals surface area contributed by atoms with E-state index in [0.717, 1.165) is 28.4 Å². The van der Waals surface area contributed by atoms with Crippen LogP contribution in [0.15, 0.2) is 18.2 Å². The molecule has 0 fully saturated rings. The van der Waals surface area contributed by atoms with Crippen molar-refractivity contribution in [1.29, 1.82) is 0 Å². The van der Waals surface area contributed by atoms with Crippen LogP contribution in [0.1, 0.15) is 38.6 Å². The number of fused-ring (bicyclic) bond motifs is 1. The van der Waals surface area contributed by atoms with E-state index in [4.69, 9.17) is 11.6 Å². The molecule has 0 spiro atoms. The molecule has 0 bridgehead atoms. The number of nitrogens with one attached hydrogen (secondary N) is 1. The summed E-state index contributed by atoms with van der Waals surface area (Å²) in [4.78, 5) is 10.3. The van der Waals surface area contributed by atoms with Gasteiger partial charge in [-0.15, -0.1) is 0 Å². The number of imidazole rings is 1. The van der Waals surface area contributed by atoms with Gasteiger partial charge in [-0.1, -0.05) is 24.9 Å². The summed E-state index contributed by atoms with van der Waals surface area (Å²) >= 11 is 5.98. The van der Waals surface area contributed by atoms with Crippen LogP contribution in [0.5, 0.6) is 0 Å². The first kappa shape index (κ1) is 13.4. The molecule has 0 aliphatic heterocycles. The zero-order valence-electron chi connectivity index (χ0n) is 11.2. The Hall–Kier alpha value is -1.06. The molecule has 0 aliphatic carbocycles. The highest BCUT2D eigenvalue weighted by Gasteiger charge is 2.15. The van der Waals surface area contributed by atoms with Crippen LogP contribution in [0.25, 0.3) is 11.0 Å². The second kappa shape index (κ2) is 5.72. The van der Waals surface area contributed by atoms with Gasteiger partial charge in [-0.3, -0.25) is 4.90 Å². The Balaban J connectivity index is 2.19. The van der Waals surface area contributed by atoms with Crippen molar-refractivity contribution in [3.8, 4) is 0 Å². The Bertz CT molecular complexity index is 521. The molecule has 4 heteroatoms. The van der Waals surface area contributed by atoms with Gasteiger partial charge in [-0.25, -0.2) is 4.98 Å². The van der Waals surface area contributed by atoms with Gasteiger partial charge in [-0.05, 0) is 45.1 Å². The number of benzene rings is 1. The van der Waals surface area contributed by atoms with E-state index in [9.17, 15) is 0 Å². The van der Waals surface area contributed by atoms with Crippen LogP contribution in [-0.4, -0.2) is 28.5 Å². The number of halogens is 1. The van der Waals surface area contributed by atoms with E-state index in [1.54, 1.807) is 0 Å². The molecule has 2 aromatic rings. The summed E-state index contributed by atoms with van der Waals surface area (Å²) in [6.45, 7) is 5.48. The summed E-state index contributed by atoms with van der Waals surface area (Å²) in [7, 11) is 2.14. The molecule has 98 valence electrons. The van der Waals surface area contributed by atoms with Crippen LogP contribution in [0.2, 0.25) is 5.02 Å². The fourth-order valence-corrected chi connectivity index (χ4v) is 2.18. The van der Waals surface area contributed by atoms with Gasteiger partial charge < -0.3 is 4.98 Å². The number of hydrogen-bond donors (Lipinski definition) is 1. The minimum absolute atomic E-state index is 0.294. The SMILES string of the molecule is CCCCN(C)C(C)c1nc2ccc(Cl)cc2[nH]1. The quantitative estimate of drug-likeness (QED) is 0.886. The first-order valence-electron chi connectivity index (χ1n) is 6.47. The van der Waals surface area contributed by atoms with E-state index < -0.39 is 0 Å². The Labute approximate surface area is 113 Å². The molecule has 18 heavy (non-hydrogen) atoms. The zero-order valence-corrected chi connectivity index (χ0v) is 12.0. The average molecular weight is 266 g/mol. The molecule has 1 unspecified atom stereocenters. The molecular weight excluding hydrogens is 246 g/mol. The molecule has 1 aromatic carbocycles. The van der Waals surface area contributed by atoms with Gasteiger partial charge in [0, 0.05) is 5.02 Å². The molecule has 1 heterocycles. The third-order valence-corrected chi connectivity index (χ3v) is 3.62. The number of aromatic nitrogens is 2. The molecule has 0 aliphatic rings. The summed E-state index contributed by atoms with van der Waals surface area (Å²) in [5.74, 6) is 1.01. The summed E-state index contributed by atoms with van der Waals surface area (Å²) in [6, 6.07) is 6.05. The van der Waals surface area contributed by atoms with E-state index in [1.807, 2.05) is 18.2 Å². The summed E-state index contributed by atoms with van der Waals surface area (Å²) in [5.41, 5.74) is 1.98. The van der Waals surface area contributed by atoms with E-state index in [1.165, 1.54) is 12.8 Å². The molecule has 1 aromatic heterocycles. The maximum absolute atomic E-state index is 5.98. The lowest BCUT2D eigenvalue weighted by molar-refractivity contribution is 0.250. The Morgan fingerprint density at radius 3 is 2.94 bits per heavy atom. The summed E-state index contributed by atoms with van der Waals surface area (Å²) in [5, 5.41) is 0.740. The lowest BCUT2D eigenvalue weighted by Crippen LogP contribution is -2.24. The highest BCUT2D eigenvalue weighted by atomic mass is 35.5. The molecule has 0 amide bonds. The van der Waals surface area contributed by atoms with E-state index in [0.29, 0.717) is 6.04 Å². The van der Waals surface area contributed by atoms with Gasteiger partial charge in [0.25, 0.3) is 0 Å². The van der Waals surface area contributed by atoms with Gasteiger partial charge in [-0.2, -0.15) is 0 Å².